The van der Waals surface area contributed by atoms with Crippen LogP contribution in [-0.4, -0.2) is 46.5 Å². The highest BCUT2D eigenvalue weighted by Gasteiger charge is 2.25. The quantitative estimate of drug-likeness (QED) is 0.389. The van der Waals surface area contributed by atoms with Crippen molar-refractivity contribution in [3.8, 4) is 5.69 Å². The molecule has 0 aliphatic carbocycles. The van der Waals surface area contributed by atoms with Gasteiger partial charge in [0.05, 0.1) is 18.0 Å². The molecule has 1 fully saturated rings. The monoisotopic (exact) mass is 517 g/mol. The van der Waals surface area contributed by atoms with Crippen LogP contribution in [0.15, 0.2) is 54.6 Å². The number of para-hydroxylation sites is 1. The minimum Gasteiger partial charge on any atom is -0.450 e. The van der Waals surface area contributed by atoms with E-state index in [4.69, 9.17) is 9.84 Å². The molecule has 2 N–H and O–H groups in total. The SMILES string of the molecule is CCOC(=O)N1CCC(Cc2ccccc2NC(=O)Nc2cc(C(C)(C)C)nn2-c2ccc(C)cc2)CC1. The number of hydrogen-bond donors (Lipinski definition) is 2. The first-order valence-electron chi connectivity index (χ1n) is 13.4. The molecule has 0 atom stereocenters. The van der Waals surface area contributed by atoms with Crippen molar-refractivity contribution in [2.75, 3.05) is 30.3 Å². The van der Waals surface area contributed by atoms with Crippen LogP contribution in [0.3, 0.4) is 0 Å². The summed E-state index contributed by atoms with van der Waals surface area (Å²) < 4.78 is 6.92. The molecule has 1 aromatic heterocycles. The third-order valence-electron chi connectivity index (χ3n) is 6.91. The number of aromatic nitrogens is 2. The molecule has 0 spiro atoms. The Bertz CT molecular complexity index is 1250. The second-order valence-electron chi connectivity index (χ2n) is 11.0. The second kappa shape index (κ2) is 11.7. The Labute approximate surface area is 225 Å². The standard InChI is InChI=1S/C30H39N5O3/c1-6-38-29(37)34-17-15-22(16-18-34)19-23-9-7-8-10-25(23)31-28(36)32-27-20-26(30(3,4)5)33-35(27)24-13-11-21(2)12-14-24/h7-14,20,22H,6,15-19H2,1-5H3,(H2,31,32,36). The minimum atomic E-state index is -0.316. The number of ether oxygens (including phenoxy) is 1. The van der Waals surface area contributed by atoms with Crippen LogP contribution in [0.5, 0.6) is 0 Å². The van der Waals surface area contributed by atoms with Crippen LogP contribution in [0.4, 0.5) is 21.1 Å². The van der Waals surface area contributed by atoms with E-state index in [1.165, 1.54) is 0 Å². The van der Waals surface area contributed by atoms with Crippen LogP contribution in [0.2, 0.25) is 0 Å². The lowest BCUT2D eigenvalue weighted by Crippen LogP contribution is -2.39. The van der Waals surface area contributed by atoms with Gasteiger partial charge < -0.3 is 15.0 Å². The normalized spacial score (nSPS) is 14.3. The summed E-state index contributed by atoms with van der Waals surface area (Å²) >= 11 is 0. The van der Waals surface area contributed by atoms with Crippen molar-refractivity contribution in [3.63, 3.8) is 0 Å². The molecule has 38 heavy (non-hydrogen) atoms. The third-order valence-corrected chi connectivity index (χ3v) is 6.91. The maximum Gasteiger partial charge on any atom is 0.409 e. The second-order valence-corrected chi connectivity index (χ2v) is 11.0. The summed E-state index contributed by atoms with van der Waals surface area (Å²) in [6.07, 6.45) is 2.42. The van der Waals surface area contributed by atoms with Crippen molar-refractivity contribution in [1.82, 2.24) is 14.7 Å². The molecule has 4 rings (SSSR count). The fourth-order valence-electron chi connectivity index (χ4n) is 4.66. The van der Waals surface area contributed by atoms with Crippen LogP contribution in [0, 0.1) is 12.8 Å². The number of aryl methyl sites for hydroxylation is 1. The molecule has 0 bridgehead atoms. The van der Waals surface area contributed by atoms with Crippen molar-refractivity contribution in [2.24, 2.45) is 5.92 Å². The number of carbonyl (C=O) groups excluding carboxylic acids is 2. The van der Waals surface area contributed by atoms with E-state index in [1.807, 2.05) is 62.4 Å². The van der Waals surface area contributed by atoms with Crippen molar-refractivity contribution in [1.29, 1.82) is 0 Å². The lowest BCUT2D eigenvalue weighted by Gasteiger charge is -2.31. The van der Waals surface area contributed by atoms with Crippen LogP contribution < -0.4 is 10.6 Å². The summed E-state index contributed by atoms with van der Waals surface area (Å²) in [6.45, 7) is 12.0. The minimum absolute atomic E-state index is 0.168. The Balaban J connectivity index is 1.45. The van der Waals surface area contributed by atoms with Gasteiger partial charge in [0.25, 0.3) is 0 Å². The van der Waals surface area contributed by atoms with Crippen LogP contribution in [0.25, 0.3) is 5.69 Å². The zero-order valence-electron chi connectivity index (χ0n) is 23.1. The smallest absolute Gasteiger partial charge is 0.409 e. The molecule has 0 unspecified atom stereocenters. The van der Waals surface area contributed by atoms with E-state index >= 15 is 0 Å². The predicted molar refractivity (Wildman–Crippen MR) is 151 cm³/mol. The van der Waals surface area contributed by atoms with Gasteiger partial charge in [-0.15, -0.1) is 0 Å². The molecule has 1 aliphatic heterocycles. The zero-order chi connectivity index (χ0) is 27.3. The van der Waals surface area contributed by atoms with Crippen molar-refractivity contribution in [2.45, 2.75) is 59.3 Å². The van der Waals surface area contributed by atoms with Gasteiger partial charge >= 0.3 is 12.1 Å². The lowest BCUT2D eigenvalue weighted by atomic mass is 9.89. The molecule has 0 radical (unpaired) electrons. The van der Waals surface area contributed by atoms with Crippen molar-refractivity contribution in [3.05, 3.63) is 71.4 Å². The molecule has 3 aromatic rings. The molecule has 0 saturated carbocycles. The number of urea groups is 1. The third kappa shape index (κ3) is 6.73. The average Bonchev–Trinajstić information content (AvgIpc) is 3.30. The van der Waals surface area contributed by atoms with Crippen molar-refractivity contribution < 1.29 is 14.3 Å². The van der Waals surface area contributed by atoms with Gasteiger partial charge in [0.2, 0.25) is 0 Å². The van der Waals surface area contributed by atoms with Gasteiger partial charge in [0.15, 0.2) is 0 Å². The van der Waals surface area contributed by atoms with Crippen LogP contribution >= 0.6 is 0 Å². The van der Waals surface area contributed by atoms with Gasteiger partial charge in [0.1, 0.15) is 5.82 Å². The molecular formula is C30H39N5O3. The highest BCUT2D eigenvalue weighted by atomic mass is 16.6. The van der Waals surface area contributed by atoms with Gasteiger partial charge in [0, 0.05) is 30.3 Å². The molecule has 3 amide bonds. The largest absolute Gasteiger partial charge is 0.450 e. The average molecular weight is 518 g/mol. The summed E-state index contributed by atoms with van der Waals surface area (Å²) in [5.74, 6) is 1.05. The summed E-state index contributed by atoms with van der Waals surface area (Å²) in [7, 11) is 0. The Hall–Kier alpha value is -3.81. The van der Waals surface area contributed by atoms with Gasteiger partial charge in [-0.25, -0.2) is 14.3 Å². The van der Waals surface area contributed by atoms with Crippen LogP contribution in [0.1, 0.15) is 57.4 Å². The first-order chi connectivity index (χ1) is 18.1. The lowest BCUT2D eigenvalue weighted by molar-refractivity contribution is 0.0918. The molecule has 202 valence electrons. The predicted octanol–water partition coefficient (Wildman–Crippen LogP) is 6.53. The molecule has 8 heteroatoms. The molecule has 1 aliphatic rings. The number of piperidine rings is 1. The fraction of sp³-hybridized carbons (Fsp3) is 0.433. The topological polar surface area (TPSA) is 88.5 Å². The number of nitrogens with zero attached hydrogens (tertiary/aromatic N) is 3. The number of anilines is 2. The summed E-state index contributed by atoms with van der Waals surface area (Å²) in [5, 5.41) is 10.9. The fourth-order valence-corrected chi connectivity index (χ4v) is 4.66. The van der Waals surface area contributed by atoms with E-state index in [9.17, 15) is 9.59 Å². The summed E-state index contributed by atoms with van der Waals surface area (Å²) in [5.41, 5.74) is 4.64. The van der Waals surface area contributed by atoms with E-state index in [-0.39, 0.29) is 17.5 Å². The maximum atomic E-state index is 13.2. The van der Waals surface area contributed by atoms with E-state index in [0.717, 1.165) is 47.5 Å². The Morgan fingerprint density at radius 3 is 2.37 bits per heavy atom. The van der Waals surface area contributed by atoms with Gasteiger partial charge in [-0.05, 0) is 62.8 Å². The first kappa shape index (κ1) is 27.2. The molecule has 2 heterocycles. The molecule has 1 saturated heterocycles. The molecule has 8 nitrogen and oxygen atoms in total. The first-order valence-corrected chi connectivity index (χ1v) is 13.4. The molecular weight excluding hydrogens is 478 g/mol. The Morgan fingerprint density at radius 2 is 1.71 bits per heavy atom. The number of hydrogen-bond acceptors (Lipinski definition) is 4. The Morgan fingerprint density at radius 1 is 1.03 bits per heavy atom. The maximum absolute atomic E-state index is 13.2. The van der Waals surface area contributed by atoms with Gasteiger partial charge in [-0.3, -0.25) is 5.32 Å². The number of benzene rings is 2. The number of rotatable bonds is 6. The number of nitrogens with one attached hydrogen (secondary N) is 2. The van der Waals surface area contributed by atoms with E-state index in [1.54, 1.807) is 9.58 Å². The summed E-state index contributed by atoms with van der Waals surface area (Å²) in [4.78, 5) is 27.0. The highest BCUT2D eigenvalue weighted by molar-refractivity contribution is 6.00. The number of amides is 3. The number of carbonyl (C=O) groups is 2. The zero-order valence-corrected chi connectivity index (χ0v) is 23.1. The van der Waals surface area contributed by atoms with E-state index in [2.05, 4.69) is 37.5 Å². The molecule has 2 aromatic carbocycles. The Kier molecular flexibility index (Phi) is 8.39. The van der Waals surface area contributed by atoms with Gasteiger partial charge in [-0.2, -0.15) is 5.10 Å². The van der Waals surface area contributed by atoms with Crippen molar-refractivity contribution >= 4 is 23.6 Å². The van der Waals surface area contributed by atoms with Crippen LogP contribution in [-0.2, 0) is 16.6 Å². The van der Waals surface area contributed by atoms with E-state index < -0.39 is 0 Å². The summed E-state index contributed by atoms with van der Waals surface area (Å²) in [6, 6.07) is 17.6. The highest BCUT2D eigenvalue weighted by Crippen LogP contribution is 2.28. The van der Waals surface area contributed by atoms with Gasteiger partial charge in [-0.1, -0.05) is 56.7 Å². The number of likely N-dealkylation sites (tertiary alicyclic amines) is 1. The van der Waals surface area contributed by atoms with E-state index in [0.29, 0.717) is 31.4 Å².